The highest BCUT2D eigenvalue weighted by Gasteiger charge is 2.50. The zero-order valence-corrected chi connectivity index (χ0v) is 8.91. The lowest BCUT2D eigenvalue weighted by atomic mass is 9.78. The van der Waals surface area contributed by atoms with Gasteiger partial charge in [0.25, 0.3) is 0 Å². The van der Waals surface area contributed by atoms with Crippen LogP contribution < -0.4 is 5.73 Å². The average molecular weight is 227 g/mol. The number of carboxylic acid groups (broad SMARTS) is 1. The normalized spacial score (nSPS) is 37.3. The first-order valence-corrected chi connectivity index (χ1v) is 5.48. The van der Waals surface area contributed by atoms with Crippen LogP contribution in [-0.2, 0) is 4.79 Å². The van der Waals surface area contributed by atoms with E-state index in [0.29, 0.717) is 5.92 Å². The molecule has 0 aromatic carbocycles. The molecule has 2 rings (SSSR count). The first kappa shape index (κ1) is 11.6. The van der Waals surface area contributed by atoms with E-state index in [1.165, 1.54) is 0 Å². The van der Waals surface area contributed by atoms with Crippen LogP contribution in [0.15, 0.2) is 12.2 Å². The molecule has 0 radical (unpaired) electrons. The van der Waals surface area contributed by atoms with E-state index in [-0.39, 0.29) is 11.8 Å². The fourth-order valence-corrected chi connectivity index (χ4v) is 2.86. The number of carboxylic acids is 1. The van der Waals surface area contributed by atoms with Crippen molar-refractivity contribution in [2.24, 2.45) is 23.5 Å². The molecule has 5 N–H and O–H groups in total. The van der Waals surface area contributed by atoms with Gasteiger partial charge in [-0.15, -0.1) is 0 Å². The predicted octanol–water partition coefficient (Wildman–Crippen LogP) is -0.666. The maximum absolute atomic E-state index is 11.0. The fraction of sp³-hybridized carbons (Fsp3) is 0.727. The van der Waals surface area contributed by atoms with Crippen LogP contribution in [0.3, 0.4) is 0 Å². The zero-order valence-electron chi connectivity index (χ0n) is 8.91. The summed E-state index contributed by atoms with van der Waals surface area (Å²) in [6.45, 7) is -0.749. The summed E-state index contributed by atoms with van der Waals surface area (Å²) in [5.74, 6) is -0.868. The Labute approximate surface area is 93.6 Å². The molecule has 2 aliphatic rings. The standard InChI is InChI=1S/C11H17NO4/c12-11(5-13,10(15)16)9(14)8-4-6-1-2-7(8)3-6/h1-2,6-9,13-14H,3-5,12H2,(H,15,16)/t6?,7?,8?,9-,11+/m1/s1. The van der Waals surface area contributed by atoms with Crippen molar-refractivity contribution in [2.45, 2.75) is 24.5 Å². The molecular formula is C11H17NO4. The maximum atomic E-state index is 11.0. The Morgan fingerprint density at radius 2 is 2.19 bits per heavy atom. The molecule has 0 aliphatic heterocycles. The van der Waals surface area contributed by atoms with Gasteiger partial charge in [0.2, 0.25) is 0 Å². The van der Waals surface area contributed by atoms with Crippen molar-refractivity contribution in [3.8, 4) is 0 Å². The quantitative estimate of drug-likeness (QED) is 0.477. The third kappa shape index (κ3) is 1.55. The van der Waals surface area contributed by atoms with Gasteiger partial charge in [-0.05, 0) is 30.6 Å². The van der Waals surface area contributed by atoms with Gasteiger partial charge in [0.05, 0.1) is 12.7 Å². The van der Waals surface area contributed by atoms with E-state index in [2.05, 4.69) is 6.08 Å². The monoisotopic (exact) mass is 227 g/mol. The van der Waals surface area contributed by atoms with Gasteiger partial charge < -0.3 is 21.1 Å². The second kappa shape index (κ2) is 3.84. The van der Waals surface area contributed by atoms with Gasteiger partial charge in [-0.1, -0.05) is 12.2 Å². The molecule has 0 spiro atoms. The molecule has 0 aromatic rings. The van der Waals surface area contributed by atoms with Crippen molar-refractivity contribution in [3.63, 3.8) is 0 Å². The number of aliphatic carboxylic acids is 1. The Kier molecular flexibility index (Phi) is 2.77. The fourth-order valence-electron chi connectivity index (χ4n) is 2.86. The van der Waals surface area contributed by atoms with Gasteiger partial charge in [0, 0.05) is 0 Å². The van der Waals surface area contributed by atoms with Gasteiger partial charge in [0.1, 0.15) is 0 Å². The Hall–Kier alpha value is -0.910. The van der Waals surface area contributed by atoms with Crippen molar-refractivity contribution in [1.82, 2.24) is 0 Å². The number of aliphatic hydroxyl groups is 2. The summed E-state index contributed by atoms with van der Waals surface area (Å²) in [5, 5.41) is 28.1. The van der Waals surface area contributed by atoms with Crippen LogP contribution in [0.25, 0.3) is 0 Å². The topological polar surface area (TPSA) is 104 Å². The van der Waals surface area contributed by atoms with Crippen LogP contribution in [0.1, 0.15) is 12.8 Å². The summed E-state index contributed by atoms with van der Waals surface area (Å²) in [5.41, 5.74) is 3.63. The van der Waals surface area contributed by atoms with E-state index in [0.717, 1.165) is 12.8 Å². The lowest BCUT2D eigenvalue weighted by Gasteiger charge is -2.34. The number of rotatable bonds is 4. The lowest BCUT2D eigenvalue weighted by Crippen LogP contribution is -2.62. The van der Waals surface area contributed by atoms with Crippen LogP contribution >= 0.6 is 0 Å². The Morgan fingerprint density at radius 1 is 1.50 bits per heavy atom. The van der Waals surface area contributed by atoms with Gasteiger partial charge in [-0.3, -0.25) is 4.79 Å². The van der Waals surface area contributed by atoms with E-state index in [9.17, 15) is 9.90 Å². The molecule has 3 unspecified atom stereocenters. The van der Waals surface area contributed by atoms with Crippen molar-refractivity contribution >= 4 is 5.97 Å². The molecule has 16 heavy (non-hydrogen) atoms. The number of hydrogen-bond donors (Lipinski definition) is 4. The first-order chi connectivity index (χ1) is 7.49. The van der Waals surface area contributed by atoms with Crippen LogP contribution in [0.2, 0.25) is 0 Å². The van der Waals surface area contributed by atoms with Crippen LogP contribution in [0.4, 0.5) is 0 Å². The second-order valence-corrected chi connectivity index (χ2v) is 4.89. The van der Waals surface area contributed by atoms with Crippen molar-refractivity contribution in [3.05, 3.63) is 12.2 Å². The largest absolute Gasteiger partial charge is 0.480 e. The van der Waals surface area contributed by atoms with E-state index in [4.69, 9.17) is 15.9 Å². The highest BCUT2D eigenvalue weighted by molar-refractivity contribution is 5.79. The third-order valence-corrected chi connectivity index (χ3v) is 3.92. The van der Waals surface area contributed by atoms with E-state index in [1.54, 1.807) is 0 Å². The van der Waals surface area contributed by atoms with Crippen molar-refractivity contribution in [2.75, 3.05) is 6.61 Å². The lowest BCUT2D eigenvalue weighted by molar-refractivity contribution is -0.152. The summed E-state index contributed by atoms with van der Waals surface area (Å²) in [4.78, 5) is 11.0. The molecule has 2 bridgehead atoms. The molecule has 0 heterocycles. The minimum absolute atomic E-state index is 0.150. The van der Waals surface area contributed by atoms with Gasteiger partial charge in [-0.25, -0.2) is 0 Å². The van der Waals surface area contributed by atoms with Gasteiger partial charge in [-0.2, -0.15) is 0 Å². The number of fused-ring (bicyclic) bond motifs is 2. The summed E-state index contributed by atoms with van der Waals surface area (Å²) >= 11 is 0. The predicted molar refractivity (Wildman–Crippen MR) is 56.5 cm³/mol. The molecule has 1 saturated carbocycles. The molecule has 2 aliphatic carbocycles. The molecular weight excluding hydrogens is 210 g/mol. The molecule has 90 valence electrons. The van der Waals surface area contributed by atoms with Crippen molar-refractivity contribution < 1.29 is 20.1 Å². The zero-order chi connectivity index (χ0) is 11.9. The second-order valence-electron chi connectivity index (χ2n) is 4.89. The number of carbonyl (C=O) groups is 1. The number of nitrogens with two attached hydrogens (primary N) is 1. The molecule has 5 atom stereocenters. The molecule has 5 heteroatoms. The summed E-state index contributed by atoms with van der Waals surface area (Å²) in [6.07, 6.45) is 4.64. The molecule has 0 amide bonds. The van der Waals surface area contributed by atoms with E-state index in [1.807, 2.05) is 6.08 Å². The highest BCUT2D eigenvalue weighted by atomic mass is 16.4. The van der Waals surface area contributed by atoms with E-state index < -0.39 is 24.2 Å². The Balaban J connectivity index is 2.15. The minimum atomic E-state index is -1.94. The third-order valence-electron chi connectivity index (χ3n) is 3.92. The molecule has 0 aromatic heterocycles. The minimum Gasteiger partial charge on any atom is -0.480 e. The molecule has 5 nitrogen and oxygen atoms in total. The van der Waals surface area contributed by atoms with Gasteiger partial charge >= 0.3 is 5.97 Å². The number of aliphatic hydroxyl groups excluding tert-OH is 2. The first-order valence-electron chi connectivity index (χ1n) is 5.48. The SMILES string of the molecule is N[C@](CO)(C(=O)O)[C@H](O)C1CC2C=CC1C2. The maximum Gasteiger partial charge on any atom is 0.328 e. The number of hydrogen-bond acceptors (Lipinski definition) is 4. The summed E-state index contributed by atoms with van der Waals surface area (Å²) in [7, 11) is 0. The highest BCUT2D eigenvalue weighted by Crippen LogP contribution is 2.46. The van der Waals surface area contributed by atoms with Crippen molar-refractivity contribution in [1.29, 1.82) is 0 Å². The summed E-state index contributed by atoms with van der Waals surface area (Å²) in [6, 6.07) is 0. The van der Waals surface area contributed by atoms with Crippen LogP contribution in [0, 0.1) is 17.8 Å². The summed E-state index contributed by atoms with van der Waals surface area (Å²) < 4.78 is 0. The van der Waals surface area contributed by atoms with Gasteiger partial charge in [0.15, 0.2) is 5.54 Å². The number of allylic oxidation sites excluding steroid dienone is 2. The molecule has 0 saturated heterocycles. The average Bonchev–Trinajstić information content (AvgIpc) is 2.88. The van der Waals surface area contributed by atoms with E-state index >= 15 is 0 Å². The Morgan fingerprint density at radius 3 is 2.56 bits per heavy atom. The molecule has 1 fully saturated rings. The van der Waals surface area contributed by atoms with Crippen LogP contribution in [0.5, 0.6) is 0 Å². The van der Waals surface area contributed by atoms with Crippen LogP contribution in [-0.4, -0.2) is 39.5 Å². The Bertz CT molecular complexity index is 330. The smallest absolute Gasteiger partial charge is 0.328 e.